The Labute approximate surface area is 136 Å². The molecule has 6 nitrogen and oxygen atoms in total. The fourth-order valence-corrected chi connectivity index (χ4v) is 3.53. The number of H-pyrrole nitrogens is 1. The summed E-state index contributed by atoms with van der Waals surface area (Å²) >= 11 is 0. The first-order chi connectivity index (χ1) is 11.0. The van der Waals surface area contributed by atoms with Crippen molar-refractivity contribution < 1.29 is 9.90 Å². The van der Waals surface area contributed by atoms with Crippen molar-refractivity contribution in [3.63, 3.8) is 0 Å². The third kappa shape index (κ3) is 3.19. The lowest BCUT2D eigenvalue weighted by Crippen LogP contribution is -2.41. The molecule has 0 unspecified atom stereocenters. The average Bonchev–Trinajstić information content (AvgIpc) is 3.15. The lowest BCUT2D eigenvalue weighted by Gasteiger charge is -2.25. The second-order valence-electron chi connectivity index (χ2n) is 6.90. The number of amides is 1. The van der Waals surface area contributed by atoms with Gasteiger partial charge in [0.2, 0.25) is 0 Å². The Balaban J connectivity index is 1.75. The molecular formula is C17H25N3O3. The molecule has 3 heterocycles. The number of aliphatic hydroxyl groups excluding tert-OH is 1. The summed E-state index contributed by atoms with van der Waals surface area (Å²) in [7, 11) is 0. The molecule has 6 heteroatoms. The molecule has 1 amide bonds. The Morgan fingerprint density at radius 1 is 1.26 bits per heavy atom. The third-order valence-corrected chi connectivity index (χ3v) is 4.94. The van der Waals surface area contributed by atoms with Gasteiger partial charge in [-0.2, -0.15) is 0 Å². The van der Waals surface area contributed by atoms with Crippen molar-refractivity contribution in [2.45, 2.75) is 44.8 Å². The van der Waals surface area contributed by atoms with Crippen LogP contribution >= 0.6 is 0 Å². The smallest absolute Gasteiger partial charge is 0.261 e. The Morgan fingerprint density at radius 3 is 2.57 bits per heavy atom. The van der Waals surface area contributed by atoms with E-state index in [4.69, 9.17) is 0 Å². The normalized spacial score (nSPS) is 25.5. The number of rotatable bonds is 3. The molecule has 23 heavy (non-hydrogen) atoms. The average molecular weight is 319 g/mol. The monoisotopic (exact) mass is 319 g/mol. The Bertz CT molecular complexity index is 634. The van der Waals surface area contributed by atoms with Crippen LogP contribution in [0.1, 0.15) is 48.7 Å². The first-order valence-electron chi connectivity index (χ1n) is 8.42. The van der Waals surface area contributed by atoms with Crippen LogP contribution in [0.2, 0.25) is 0 Å². The highest BCUT2D eigenvalue weighted by Crippen LogP contribution is 2.22. The molecule has 0 radical (unpaired) electrons. The van der Waals surface area contributed by atoms with Crippen molar-refractivity contribution in [2.75, 3.05) is 26.2 Å². The summed E-state index contributed by atoms with van der Waals surface area (Å²) in [6.07, 6.45) is 1.76. The summed E-state index contributed by atoms with van der Waals surface area (Å²) in [5.74, 6) is -0.0812. The number of pyridine rings is 1. The molecule has 2 fully saturated rings. The lowest BCUT2D eigenvalue weighted by atomic mass is 10.1. The van der Waals surface area contributed by atoms with Gasteiger partial charge in [0.25, 0.3) is 11.5 Å². The van der Waals surface area contributed by atoms with Crippen LogP contribution in [0.15, 0.2) is 16.9 Å². The van der Waals surface area contributed by atoms with Crippen molar-refractivity contribution in [3.8, 4) is 0 Å². The van der Waals surface area contributed by atoms with Crippen LogP contribution in [0.3, 0.4) is 0 Å². The first kappa shape index (κ1) is 16.2. The molecule has 2 N–H and O–H groups in total. The number of aromatic nitrogens is 1. The standard InChI is InChI=1S/C17H25N3O3/c1-11(2)13-6-5-12(16(22)18-13)17(23)20-9-14(15(21)10-20)19-7-3-4-8-19/h5-6,11,14-15,21H,3-4,7-10H2,1-2H3,(H,18,22)/t14-,15-/m1/s1. The fourth-order valence-electron chi connectivity index (χ4n) is 3.53. The highest BCUT2D eigenvalue weighted by molar-refractivity contribution is 5.94. The van der Waals surface area contributed by atoms with E-state index in [9.17, 15) is 14.7 Å². The van der Waals surface area contributed by atoms with E-state index in [1.165, 1.54) is 0 Å². The molecule has 1 aromatic heterocycles. The molecule has 126 valence electrons. The summed E-state index contributed by atoms with van der Waals surface area (Å²) in [6.45, 7) is 6.73. The van der Waals surface area contributed by atoms with E-state index in [2.05, 4.69) is 9.88 Å². The van der Waals surface area contributed by atoms with Gasteiger partial charge >= 0.3 is 0 Å². The van der Waals surface area contributed by atoms with Crippen molar-refractivity contribution in [3.05, 3.63) is 33.7 Å². The Kier molecular flexibility index (Phi) is 4.55. The fraction of sp³-hybridized carbons (Fsp3) is 0.647. The predicted octanol–water partition coefficient (Wildman–Crippen LogP) is 0.779. The molecule has 2 atom stereocenters. The van der Waals surface area contributed by atoms with E-state index in [0.29, 0.717) is 13.1 Å². The van der Waals surface area contributed by atoms with Crippen molar-refractivity contribution in [1.29, 1.82) is 0 Å². The molecule has 0 aromatic carbocycles. The minimum atomic E-state index is -0.536. The highest BCUT2D eigenvalue weighted by Gasteiger charge is 2.39. The Hall–Kier alpha value is -1.66. The summed E-state index contributed by atoms with van der Waals surface area (Å²) < 4.78 is 0. The lowest BCUT2D eigenvalue weighted by molar-refractivity contribution is 0.0761. The number of likely N-dealkylation sites (tertiary alicyclic amines) is 2. The van der Waals surface area contributed by atoms with Gasteiger partial charge in [-0.05, 0) is 44.0 Å². The summed E-state index contributed by atoms with van der Waals surface area (Å²) in [5, 5.41) is 10.3. The zero-order valence-electron chi connectivity index (χ0n) is 13.8. The minimum Gasteiger partial charge on any atom is -0.390 e. The van der Waals surface area contributed by atoms with Gasteiger partial charge in [-0.25, -0.2) is 0 Å². The van der Waals surface area contributed by atoms with E-state index >= 15 is 0 Å². The summed E-state index contributed by atoms with van der Waals surface area (Å²) in [5.41, 5.74) is 0.631. The first-order valence-corrected chi connectivity index (χ1v) is 8.42. The van der Waals surface area contributed by atoms with Gasteiger partial charge in [-0.1, -0.05) is 13.8 Å². The molecule has 3 rings (SSSR count). The number of hydrogen-bond donors (Lipinski definition) is 2. The zero-order valence-corrected chi connectivity index (χ0v) is 13.8. The van der Waals surface area contributed by atoms with Crippen LogP contribution < -0.4 is 5.56 Å². The van der Waals surface area contributed by atoms with Gasteiger partial charge in [0.15, 0.2) is 0 Å². The predicted molar refractivity (Wildman–Crippen MR) is 87.7 cm³/mol. The van der Waals surface area contributed by atoms with Crippen LogP contribution in [0.25, 0.3) is 0 Å². The highest BCUT2D eigenvalue weighted by atomic mass is 16.3. The van der Waals surface area contributed by atoms with Gasteiger partial charge in [-0.15, -0.1) is 0 Å². The van der Waals surface area contributed by atoms with Crippen molar-refractivity contribution in [1.82, 2.24) is 14.8 Å². The van der Waals surface area contributed by atoms with Crippen LogP contribution in [0.4, 0.5) is 0 Å². The zero-order chi connectivity index (χ0) is 16.6. The SMILES string of the molecule is CC(C)c1ccc(C(=O)N2C[C@@H](O)[C@H](N3CCCC3)C2)c(=O)[nH]1. The number of aliphatic hydroxyl groups is 1. The van der Waals surface area contributed by atoms with Crippen molar-refractivity contribution >= 4 is 5.91 Å². The van der Waals surface area contributed by atoms with E-state index < -0.39 is 6.10 Å². The van der Waals surface area contributed by atoms with Crippen LogP contribution in [0.5, 0.6) is 0 Å². The van der Waals surface area contributed by atoms with E-state index in [1.807, 2.05) is 13.8 Å². The number of aromatic amines is 1. The van der Waals surface area contributed by atoms with Gasteiger partial charge in [-0.3, -0.25) is 14.5 Å². The Morgan fingerprint density at radius 2 is 1.96 bits per heavy atom. The molecule has 0 aliphatic carbocycles. The number of nitrogens with one attached hydrogen (secondary N) is 1. The largest absolute Gasteiger partial charge is 0.390 e. The second-order valence-corrected chi connectivity index (χ2v) is 6.90. The quantitative estimate of drug-likeness (QED) is 0.863. The number of carbonyl (C=O) groups excluding carboxylic acids is 1. The maximum Gasteiger partial charge on any atom is 0.261 e. The molecule has 0 spiro atoms. The van der Waals surface area contributed by atoms with E-state index in [-0.39, 0.29) is 29.0 Å². The van der Waals surface area contributed by atoms with Gasteiger partial charge in [0.05, 0.1) is 12.1 Å². The topological polar surface area (TPSA) is 76.6 Å². The molecule has 1 aromatic rings. The summed E-state index contributed by atoms with van der Waals surface area (Å²) in [6, 6.07) is 3.39. The molecule has 0 bridgehead atoms. The van der Waals surface area contributed by atoms with E-state index in [1.54, 1.807) is 17.0 Å². The van der Waals surface area contributed by atoms with Gasteiger partial charge in [0, 0.05) is 18.8 Å². The van der Waals surface area contributed by atoms with E-state index in [0.717, 1.165) is 31.6 Å². The minimum absolute atomic E-state index is 0.00420. The molecule has 2 saturated heterocycles. The van der Waals surface area contributed by atoms with Crippen LogP contribution in [-0.2, 0) is 0 Å². The summed E-state index contributed by atoms with van der Waals surface area (Å²) in [4.78, 5) is 31.5. The molecule has 0 saturated carbocycles. The molecule has 2 aliphatic heterocycles. The van der Waals surface area contributed by atoms with Gasteiger partial charge < -0.3 is 15.0 Å². The number of carbonyl (C=O) groups is 1. The van der Waals surface area contributed by atoms with Crippen LogP contribution in [-0.4, -0.2) is 64.1 Å². The van der Waals surface area contributed by atoms with Crippen molar-refractivity contribution in [2.24, 2.45) is 0 Å². The number of hydrogen-bond acceptors (Lipinski definition) is 4. The maximum absolute atomic E-state index is 12.6. The van der Waals surface area contributed by atoms with Gasteiger partial charge in [0.1, 0.15) is 5.56 Å². The third-order valence-electron chi connectivity index (χ3n) is 4.94. The second kappa shape index (κ2) is 6.45. The molecule has 2 aliphatic rings. The number of β-amino-alcohol motifs (C(OH)–C–C–N with tert-alkyl or cyclic N) is 1. The molecular weight excluding hydrogens is 294 g/mol. The number of nitrogens with zero attached hydrogens (tertiary/aromatic N) is 2. The van der Waals surface area contributed by atoms with Crippen LogP contribution in [0, 0.1) is 0 Å². The maximum atomic E-state index is 12.6.